The zero-order valence-electron chi connectivity index (χ0n) is 21.7. The van der Waals surface area contributed by atoms with Crippen LogP contribution in [0.2, 0.25) is 10.0 Å². The highest BCUT2D eigenvalue weighted by molar-refractivity contribution is 6.40. The van der Waals surface area contributed by atoms with E-state index in [0.29, 0.717) is 37.2 Å². The summed E-state index contributed by atoms with van der Waals surface area (Å²) >= 11 is 12.3. The van der Waals surface area contributed by atoms with Crippen LogP contribution in [0.5, 0.6) is 0 Å². The summed E-state index contributed by atoms with van der Waals surface area (Å²) < 4.78 is 0. The zero-order valence-corrected chi connectivity index (χ0v) is 23.2. The van der Waals surface area contributed by atoms with Gasteiger partial charge in [-0.1, -0.05) is 48.3 Å². The number of carbonyl (C=O) groups is 4. The summed E-state index contributed by atoms with van der Waals surface area (Å²) in [5.41, 5.74) is 1.25. The molecule has 1 aliphatic heterocycles. The molecule has 4 rings (SSSR count). The Hall–Kier alpha value is -4.15. The molecule has 1 aliphatic rings. The third-order valence-electron chi connectivity index (χ3n) is 6.23. The molecule has 1 atom stereocenters. The predicted octanol–water partition coefficient (Wildman–Crippen LogP) is 4.91. The average molecular weight is 583 g/mol. The molecule has 3 aromatic rings. The molecule has 4 N–H and O–H groups in total. The van der Waals surface area contributed by atoms with Crippen molar-refractivity contribution < 1.29 is 19.2 Å². The van der Waals surface area contributed by atoms with Gasteiger partial charge in [-0.25, -0.2) is 0 Å². The van der Waals surface area contributed by atoms with Gasteiger partial charge in [0.15, 0.2) is 0 Å². The highest BCUT2D eigenvalue weighted by Gasteiger charge is 2.27. The van der Waals surface area contributed by atoms with Crippen molar-refractivity contribution >= 4 is 58.2 Å². The van der Waals surface area contributed by atoms with Gasteiger partial charge in [0, 0.05) is 30.4 Å². The Morgan fingerprint density at radius 1 is 1.07 bits per heavy atom. The maximum atomic E-state index is 13.2. The Bertz CT molecular complexity index is 1430. The first kappa shape index (κ1) is 28.8. The van der Waals surface area contributed by atoms with Crippen LogP contribution in [0.1, 0.15) is 57.4 Å². The van der Waals surface area contributed by atoms with Crippen LogP contribution in [0, 0.1) is 0 Å². The summed E-state index contributed by atoms with van der Waals surface area (Å²) in [7, 11) is 0. The van der Waals surface area contributed by atoms with Crippen molar-refractivity contribution in [2.45, 2.75) is 32.2 Å². The maximum absolute atomic E-state index is 13.2. The van der Waals surface area contributed by atoms with Crippen LogP contribution >= 0.6 is 23.2 Å². The molecule has 1 fully saturated rings. The lowest BCUT2D eigenvalue weighted by molar-refractivity contribution is -0.111. The SMILES string of the molecule is CC/C=C/C(=O)Nc1cccc(C(=O)N2CCC[C@@H](NC(=O)c3[nH]ncc3NC(=O)c3c(Cl)cccc3Cl)C2)c1. The molecule has 0 bridgehead atoms. The molecule has 12 heteroatoms. The first-order valence-corrected chi connectivity index (χ1v) is 13.5. The lowest BCUT2D eigenvalue weighted by atomic mass is 10.0. The van der Waals surface area contributed by atoms with E-state index in [2.05, 4.69) is 26.1 Å². The van der Waals surface area contributed by atoms with E-state index in [0.717, 1.165) is 6.42 Å². The van der Waals surface area contributed by atoms with Gasteiger partial charge in [0.05, 0.1) is 27.5 Å². The van der Waals surface area contributed by atoms with Crippen molar-refractivity contribution in [1.29, 1.82) is 0 Å². The van der Waals surface area contributed by atoms with Crippen LogP contribution in [0.3, 0.4) is 0 Å². The number of carbonyl (C=O) groups excluding carboxylic acids is 4. The Kier molecular flexibility index (Phi) is 9.57. The second kappa shape index (κ2) is 13.3. The van der Waals surface area contributed by atoms with Crippen molar-refractivity contribution in [3.63, 3.8) is 0 Å². The molecule has 1 saturated heterocycles. The number of nitrogens with one attached hydrogen (secondary N) is 4. The van der Waals surface area contributed by atoms with Gasteiger partial charge in [0.2, 0.25) is 5.91 Å². The summed E-state index contributed by atoms with van der Waals surface area (Å²) in [6.07, 6.45) is 6.62. The number of anilines is 2. The van der Waals surface area contributed by atoms with Crippen LogP contribution in [0.25, 0.3) is 0 Å². The number of nitrogens with zero attached hydrogens (tertiary/aromatic N) is 2. The molecule has 0 aliphatic carbocycles. The number of benzene rings is 2. The summed E-state index contributed by atoms with van der Waals surface area (Å²) in [6, 6.07) is 11.1. The number of hydrogen-bond donors (Lipinski definition) is 4. The number of aromatic amines is 1. The number of allylic oxidation sites excluding steroid dienone is 1. The fourth-order valence-electron chi connectivity index (χ4n) is 4.31. The lowest BCUT2D eigenvalue weighted by Gasteiger charge is -2.33. The van der Waals surface area contributed by atoms with Gasteiger partial charge in [-0.05, 0) is 55.7 Å². The standard InChI is InChI=1S/C28H28Cl2N6O4/c1-2-3-12-23(37)32-18-8-4-7-17(14-18)28(40)36-13-6-9-19(16-36)33-27(39)25-22(15-31-35-25)34-26(38)24-20(29)10-5-11-21(24)30/h3-5,7-8,10-12,14-15,19H,2,6,9,13,16H2,1H3,(H,31,35)(H,32,37)(H,33,39)(H,34,38)/b12-3+/t19-/m1/s1. The van der Waals surface area contributed by atoms with Crippen molar-refractivity contribution in [3.8, 4) is 0 Å². The number of amides is 4. The van der Waals surface area contributed by atoms with Gasteiger partial charge in [-0.2, -0.15) is 5.10 Å². The minimum Gasteiger partial charge on any atom is -0.346 e. The van der Waals surface area contributed by atoms with E-state index >= 15 is 0 Å². The summed E-state index contributed by atoms with van der Waals surface area (Å²) in [5.74, 6) is -1.54. The van der Waals surface area contributed by atoms with Crippen LogP contribution in [-0.4, -0.2) is 57.9 Å². The monoisotopic (exact) mass is 582 g/mol. The van der Waals surface area contributed by atoms with Gasteiger partial charge in [0.25, 0.3) is 17.7 Å². The predicted molar refractivity (Wildman–Crippen MR) is 154 cm³/mol. The third-order valence-corrected chi connectivity index (χ3v) is 6.86. The average Bonchev–Trinajstić information content (AvgIpc) is 3.40. The Labute approximate surface area is 241 Å². The summed E-state index contributed by atoms with van der Waals surface area (Å²) in [6.45, 7) is 2.76. The number of H-pyrrole nitrogens is 1. The van der Waals surface area contributed by atoms with E-state index in [4.69, 9.17) is 23.2 Å². The normalized spacial score (nSPS) is 15.1. The van der Waals surface area contributed by atoms with Gasteiger partial charge in [0.1, 0.15) is 5.69 Å². The molecule has 4 amide bonds. The summed E-state index contributed by atoms with van der Waals surface area (Å²) in [5, 5.41) is 15.1. The maximum Gasteiger partial charge on any atom is 0.271 e. The Balaban J connectivity index is 1.39. The highest BCUT2D eigenvalue weighted by atomic mass is 35.5. The first-order valence-electron chi connectivity index (χ1n) is 12.7. The van der Waals surface area contributed by atoms with E-state index in [9.17, 15) is 19.2 Å². The number of piperidine rings is 1. The number of aromatic nitrogens is 2. The fraction of sp³-hybridized carbons (Fsp3) is 0.250. The number of hydrogen-bond acceptors (Lipinski definition) is 5. The lowest BCUT2D eigenvalue weighted by Crippen LogP contribution is -2.49. The zero-order chi connectivity index (χ0) is 28.6. The summed E-state index contributed by atoms with van der Waals surface area (Å²) in [4.78, 5) is 52.8. The van der Waals surface area contributed by atoms with Crippen molar-refractivity contribution in [2.75, 3.05) is 23.7 Å². The van der Waals surface area contributed by atoms with Gasteiger partial charge in [-0.15, -0.1) is 0 Å². The van der Waals surface area contributed by atoms with Crippen molar-refractivity contribution in [2.24, 2.45) is 0 Å². The molecular weight excluding hydrogens is 555 g/mol. The second-order valence-electron chi connectivity index (χ2n) is 9.15. The Morgan fingerprint density at radius 3 is 2.58 bits per heavy atom. The molecule has 2 heterocycles. The van der Waals surface area contributed by atoms with Crippen LogP contribution in [-0.2, 0) is 4.79 Å². The van der Waals surface area contributed by atoms with E-state index in [-0.39, 0.29) is 44.8 Å². The molecule has 0 saturated carbocycles. The molecule has 40 heavy (non-hydrogen) atoms. The molecule has 0 radical (unpaired) electrons. The molecule has 1 aromatic heterocycles. The molecule has 2 aromatic carbocycles. The largest absolute Gasteiger partial charge is 0.346 e. The quantitative estimate of drug-likeness (QED) is 0.280. The molecule has 10 nitrogen and oxygen atoms in total. The molecule has 0 unspecified atom stereocenters. The minimum atomic E-state index is -0.583. The molecular formula is C28H28Cl2N6O4. The number of halogens is 2. The van der Waals surface area contributed by atoms with Gasteiger partial charge in [-0.3, -0.25) is 24.3 Å². The van der Waals surface area contributed by atoms with Crippen LogP contribution < -0.4 is 16.0 Å². The number of rotatable bonds is 8. The topological polar surface area (TPSA) is 136 Å². The number of likely N-dealkylation sites (tertiary alicyclic amines) is 1. The molecule has 208 valence electrons. The highest BCUT2D eigenvalue weighted by Crippen LogP contribution is 2.26. The second-order valence-corrected chi connectivity index (χ2v) is 9.97. The van der Waals surface area contributed by atoms with Crippen LogP contribution in [0.4, 0.5) is 11.4 Å². The Morgan fingerprint density at radius 2 is 1.82 bits per heavy atom. The molecule has 0 spiro atoms. The smallest absolute Gasteiger partial charge is 0.271 e. The van der Waals surface area contributed by atoms with E-state index in [1.165, 1.54) is 12.3 Å². The van der Waals surface area contributed by atoms with Crippen LogP contribution in [0.15, 0.2) is 60.8 Å². The minimum absolute atomic E-state index is 0.0561. The van der Waals surface area contributed by atoms with E-state index in [1.54, 1.807) is 53.4 Å². The van der Waals surface area contributed by atoms with E-state index in [1.807, 2.05) is 6.92 Å². The fourth-order valence-corrected chi connectivity index (χ4v) is 4.88. The first-order chi connectivity index (χ1) is 19.3. The van der Waals surface area contributed by atoms with E-state index < -0.39 is 11.8 Å². The van der Waals surface area contributed by atoms with Gasteiger partial charge >= 0.3 is 0 Å². The van der Waals surface area contributed by atoms with Crippen molar-refractivity contribution in [1.82, 2.24) is 20.4 Å². The van der Waals surface area contributed by atoms with Gasteiger partial charge < -0.3 is 20.9 Å². The third kappa shape index (κ3) is 7.08. The van der Waals surface area contributed by atoms with Crippen molar-refractivity contribution in [3.05, 3.63) is 87.7 Å².